The Morgan fingerprint density at radius 3 is 2.64 bits per heavy atom. The molecular weight excluding hydrogens is 350 g/mol. The third kappa shape index (κ3) is 3.81. The molecule has 28 heavy (non-hydrogen) atoms. The number of rotatable bonds is 6. The van der Waals surface area contributed by atoms with Crippen molar-refractivity contribution in [1.29, 1.82) is 0 Å². The Balaban J connectivity index is 1.78. The molecule has 0 amide bonds. The Kier molecular flexibility index (Phi) is 5.74. The molecule has 1 N–H and O–H groups in total. The largest absolute Gasteiger partial charge is 0.493 e. The van der Waals surface area contributed by atoms with E-state index < -0.39 is 0 Å². The first-order valence-electron chi connectivity index (χ1n) is 9.90. The number of fused-ring (bicyclic) bond motifs is 1. The lowest BCUT2D eigenvalue weighted by atomic mass is 9.96. The van der Waals surface area contributed by atoms with Crippen LogP contribution in [0.25, 0.3) is 10.9 Å². The van der Waals surface area contributed by atoms with Crippen molar-refractivity contribution in [3.8, 4) is 11.5 Å². The number of hydrogen-bond acceptors (Lipinski definition) is 5. The highest BCUT2D eigenvalue weighted by atomic mass is 16.5. The second kappa shape index (κ2) is 8.59. The number of para-hydroxylation sites is 1. The molecule has 5 heteroatoms. The van der Waals surface area contributed by atoms with E-state index in [1.54, 1.807) is 7.11 Å². The lowest BCUT2D eigenvalue weighted by molar-refractivity contribution is 0.198. The molecule has 0 aliphatic carbocycles. The minimum atomic E-state index is 0.129. The SMILES string of the molecule is CCOc1ccc(C(c2cnc3ccccc3c2)N2CCNCC2)cc1OC. The van der Waals surface area contributed by atoms with Gasteiger partial charge in [-0.05, 0) is 42.3 Å². The van der Waals surface area contributed by atoms with Gasteiger partial charge in [0.25, 0.3) is 0 Å². The van der Waals surface area contributed by atoms with Crippen LogP contribution in [0.15, 0.2) is 54.7 Å². The second-order valence-electron chi connectivity index (χ2n) is 6.99. The van der Waals surface area contributed by atoms with Crippen molar-refractivity contribution < 1.29 is 9.47 Å². The molecule has 146 valence electrons. The summed E-state index contributed by atoms with van der Waals surface area (Å²) in [5, 5.41) is 4.61. The fraction of sp³-hybridized carbons (Fsp3) is 0.348. The van der Waals surface area contributed by atoms with Gasteiger partial charge in [0.2, 0.25) is 0 Å². The molecule has 1 unspecified atom stereocenters. The van der Waals surface area contributed by atoms with Gasteiger partial charge < -0.3 is 14.8 Å². The number of pyridine rings is 1. The van der Waals surface area contributed by atoms with Gasteiger partial charge in [0.1, 0.15) is 0 Å². The van der Waals surface area contributed by atoms with E-state index in [-0.39, 0.29) is 6.04 Å². The van der Waals surface area contributed by atoms with Crippen LogP contribution in [0.4, 0.5) is 0 Å². The fourth-order valence-corrected chi connectivity index (χ4v) is 3.92. The first-order valence-corrected chi connectivity index (χ1v) is 9.90. The van der Waals surface area contributed by atoms with E-state index in [1.807, 2.05) is 25.3 Å². The van der Waals surface area contributed by atoms with Gasteiger partial charge in [-0.2, -0.15) is 0 Å². The number of piperazine rings is 1. The zero-order chi connectivity index (χ0) is 19.3. The Morgan fingerprint density at radius 1 is 1.04 bits per heavy atom. The van der Waals surface area contributed by atoms with Crippen molar-refractivity contribution in [2.24, 2.45) is 0 Å². The van der Waals surface area contributed by atoms with E-state index in [2.05, 4.69) is 46.6 Å². The lowest BCUT2D eigenvalue weighted by Crippen LogP contribution is -2.45. The third-order valence-electron chi connectivity index (χ3n) is 5.25. The maximum absolute atomic E-state index is 5.71. The Bertz CT molecular complexity index is 938. The van der Waals surface area contributed by atoms with Crippen molar-refractivity contribution in [2.45, 2.75) is 13.0 Å². The van der Waals surface area contributed by atoms with Crippen molar-refractivity contribution >= 4 is 10.9 Å². The van der Waals surface area contributed by atoms with Crippen molar-refractivity contribution in [1.82, 2.24) is 15.2 Å². The molecule has 0 saturated carbocycles. The molecule has 2 aromatic carbocycles. The minimum absolute atomic E-state index is 0.129. The molecule has 1 saturated heterocycles. The number of hydrogen-bond donors (Lipinski definition) is 1. The van der Waals surface area contributed by atoms with Crippen LogP contribution in [0.5, 0.6) is 11.5 Å². The fourth-order valence-electron chi connectivity index (χ4n) is 3.92. The van der Waals surface area contributed by atoms with Crippen molar-refractivity contribution in [2.75, 3.05) is 39.9 Å². The molecule has 1 aromatic heterocycles. The van der Waals surface area contributed by atoms with Crippen LogP contribution >= 0.6 is 0 Å². The van der Waals surface area contributed by atoms with Gasteiger partial charge in [0.05, 0.1) is 25.3 Å². The van der Waals surface area contributed by atoms with Crippen LogP contribution in [0.1, 0.15) is 24.1 Å². The maximum atomic E-state index is 5.71. The zero-order valence-corrected chi connectivity index (χ0v) is 16.5. The van der Waals surface area contributed by atoms with Crippen LogP contribution in [0.3, 0.4) is 0 Å². The summed E-state index contributed by atoms with van der Waals surface area (Å²) < 4.78 is 11.3. The number of ether oxygens (including phenoxy) is 2. The molecule has 0 radical (unpaired) electrons. The van der Waals surface area contributed by atoms with Gasteiger partial charge in [-0.1, -0.05) is 24.3 Å². The van der Waals surface area contributed by atoms with E-state index in [0.717, 1.165) is 48.6 Å². The molecule has 0 spiro atoms. The summed E-state index contributed by atoms with van der Waals surface area (Å²) in [5.74, 6) is 1.55. The highest BCUT2D eigenvalue weighted by molar-refractivity contribution is 5.79. The Morgan fingerprint density at radius 2 is 1.86 bits per heavy atom. The number of methoxy groups -OCH3 is 1. The monoisotopic (exact) mass is 377 g/mol. The average molecular weight is 377 g/mol. The van der Waals surface area contributed by atoms with Gasteiger partial charge in [-0.15, -0.1) is 0 Å². The summed E-state index contributed by atoms with van der Waals surface area (Å²) >= 11 is 0. The van der Waals surface area contributed by atoms with Crippen molar-refractivity contribution in [3.63, 3.8) is 0 Å². The molecule has 1 fully saturated rings. The maximum Gasteiger partial charge on any atom is 0.161 e. The normalized spacial score (nSPS) is 16.1. The summed E-state index contributed by atoms with van der Waals surface area (Å²) in [5.41, 5.74) is 3.42. The zero-order valence-electron chi connectivity index (χ0n) is 16.5. The first-order chi connectivity index (χ1) is 13.8. The standard InChI is InChI=1S/C23H27N3O2/c1-3-28-21-9-8-18(15-22(21)27-2)23(26-12-10-24-11-13-26)19-14-17-6-4-5-7-20(17)25-16-19/h4-9,14-16,23-24H,3,10-13H2,1-2H3. The Labute approximate surface area is 166 Å². The van der Waals surface area contributed by atoms with Crippen molar-refractivity contribution in [3.05, 3.63) is 65.9 Å². The van der Waals surface area contributed by atoms with Gasteiger partial charge in [0, 0.05) is 37.8 Å². The molecule has 2 heterocycles. The van der Waals surface area contributed by atoms with E-state index in [1.165, 1.54) is 11.1 Å². The lowest BCUT2D eigenvalue weighted by Gasteiger charge is -2.35. The predicted octanol–water partition coefficient (Wildman–Crippen LogP) is 3.64. The van der Waals surface area contributed by atoms with Crippen LogP contribution in [-0.2, 0) is 0 Å². The highest BCUT2D eigenvalue weighted by Gasteiger charge is 2.25. The topological polar surface area (TPSA) is 46.6 Å². The number of aromatic nitrogens is 1. The quantitative estimate of drug-likeness (QED) is 0.711. The smallest absolute Gasteiger partial charge is 0.161 e. The summed E-state index contributed by atoms with van der Waals surface area (Å²) in [7, 11) is 1.69. The van der Waals surface area contributed by atoms with E-state index >= 15 is 0 Å². The molecule has 1 aliphatic heterocycles. The van der Waals surface area contributed by atoms with Crippen LogP contribution in [0.2, 0.25) is 0 Å². The average Bonchev–Trinajstić information content (AvgIpc) is 2.75. The summed E-state index contributed by atoms with van der Waals surface area (Å²) in [4.78, 5) is 7.23. The van der Waals surface area contributed by atoms with Gasteiger partial charge in [0.15, 0.2) is 11.5 Å². The van der Waals surface area contributed by atoms with Gasteiger partial charge >= 0.3 is 0 Å². The van der Waals surface area contributed by atoms with Crippen LogP contribution in [-0.4, -0.2) is 49.8 Å². The molecule has 1 aliphatic rings. The highest BCUT2D eigenvalue weighted by Crippen LogP contribution is 2.36. The second-order valence-corrected chi connectivity index (χ2v) is 6.99. The summed E-state index contributed by atoms with van der Waals surface area (Å²) in [6.07, 6.45) is 2.01. The van der Waals surface area contributed by atoms with E-state index in [4.69, 9.17) is 14.5 Å². The summed E-state index contributed by atoms with van der Waals surface area (Å²) in [6, 6.07) is 16.9. The summed E-state index contributed by atoms with van der Waals surface area (Å²) in [6.45, 7) is 6.57. The number of benzene rings is 2. The predicted molar refractivity (Wildman–Crippen MR) is 112 cm³/mol. The third-order valence-corrected chi connectivity index (χ3v) is 5.25. The Hall–Kier alpha value is -2.63. The number of nitrogens with zero attached hydrogens (tertiary/aromatic N) is 2. The molecular formula is C23H27N3O2. The molecule has 4 rings (SSSR count). The van der Waals surface area contributed by atoms with Gasteiger partial charge in [-0.3, -0.25) is 9.88 Å². The minimum Gasteiger partial charge on any atom is -0.493 e. The molecule has 1 atom stereocenters. The van der Waals surface area contributed by atoms with Crippen LogP contribution in [0, 0.1) is 0 Å². The first kappa shape index (κ1) is 18.7. The van der Waals surface area contributed by atoms with Gasteiger partial charge in [-0.25, -0.2) is 0 Å². The van der Waals surface area contributed by atoms with E-state index in [0.29, 0.717) is 6.61 Å². The molecule has 0 bridgehead atoms. The van der Waals surface area contributed by atoms with Crippen LogP contribution < -0.4 is 14.8 Å². The van der Waals surface area contributed by atoms with E-state index in [9.17, 15) is 0 Å². The number of nitrogens with one attached hydrogen (secondary N) is 1. The molecule has 5 nitrogen and oxygen atoms in total. The molecule has 3 aromatic rings.